The summed E-state index contributed by atoms with van der Waals surface area (Å²) in [6.45, 7) is 0.260. The van der Waals surface area contributed by atoms with Gasteiger partial charge >= 0.3 is 0 Å². The second kappa shape index (κ2) is 9.16. The Hall–Kier alpha value is -3.16. The first-order chi connectivity index (χ1) is 13.5. The van der Waals surface area contributed by atoms with Crippen LogP contribution in [0.2, 0.25) is 5.02 Å². The van der Waals surface area contributed by atoms with Crippen LogP contribution in [-0.4, -0.2) is 16.9 Å². The third-order valence-electron chi connectivity index (χ3n) is 3.74. The Bertz CT molecular complexity index is 1010. The van der Waals surface area contributed by atoms with Crippen molar-refractivity contribution in [1.82, 2.24) is 10.6 Å². The van der Waals surface area contributed by atoms with Crippen LogP contribution in [0, 0.1) is 0 Å². The minimum atomic E-state index is -0.403. The summed E-state index contributed by atoms with van der Waals surface area (Å²) in [6.07, 6.45) is 1.54. The molecule has 0 unspecified atom stereocenters. The molecule has 0 fully saturated rings. The van der Waals surface area contributed by atoms with Crippen LogP contribution >= 0.6 is 23.8 Å². The fourth-order valence-electron chi connectivity index (χ4n) is 2.42. The van der Waals surface area contributed by atoms with E-state index in [9.17, 15) is 9.59 Å². The van der Waals surface area contributed by atoms with Gasteiger partial charge in [-0.3, -0.25) is 14.9 Å². The number of halogens is 1. The number of benzene rings is 2. The van der Waals surface area contributed by atoms with E-state index in [1.165, 1.54) is 12.3 Å². The van der Waals surface area contributed by atoms with Gasteiger partial charge in [-0.25, -0.2) is 0 Å². The summed E-state index contributed by atoms with van der Waals surface area (Å²) in [5, 5.41) is 8.74. The lowest BCUT2D eigenvalue weighted by molar-refractivity contribution is 0.0947. The van der Waals surface area contributed by atoms with E-state index in [0.29, 0.717) is 27.6 Å². The monoisotopic (exact) mass is 413 g/mol. The number of carbonyl (C=O) groups excluding carboxylic acids is 2. The molecule has 0 aliphatic carbocycles. The third-order valence-corrected chi connectivity index (χ3v) is 4.18. The largest absolute Gasteiger partial charge is 0.467 e. The van der Waals surface area contributed by atoms with E-state index in [1.807, 2.05) is 0 Å². The topological polar surface area (TPSA) is 83.4 Å². The molecule has 0 radical (unpaired) electrons. The van der Waals surface area contributed by atoms with Gasteiger partial charge < -0.3 is 15.1 Å². The first-order valence-electron chi connectivity index (χ1n) is 8.30. The summed E-state index contributed by atoms with van der Waals surface area (Å²) in [7, 11) is 0. The van der Waals surface area contributed by atoms with Gasteiger partial charge in [-0.05, 0) is 54.7 Å². The molecule has 0 aliphatic heterocycles. The molecule has 0 saturated carbocycles. The first-order valence-corrected chi connectivity index (χ1v) is 9.09. The van der Waals surface area contributed by atoms with Crippen LogP contribution in [0.5, 0.6) is 0 Å². The van der Waals surface area contributed by atoms with E-state index in [1.54, 1.807) is 54.6 Å². The number of anilines is 1. The molecule has 3 rings (SSSR count). The smallest absolute Gasteiger partial charge is 0.257 e. The maximum Gasteiger partial charge on any atom is 0.257 e. The van der Waals surface area contributed by atoms with E-state index in [-0.39, 0.29) is 17.6 Å². The molecule has 0 aliphatic rings. The van der Waals surface area contributed by atoms with Crippen molar-refractivity contribution in [3.63, 3.8) is 0 Å². The van der Waals surface area contributed by atoms with Gasteiger partial charge in [0.15, 0.2) is 5.11 Å². The second-order valence-electron chi connectivity index (χ2n) is 5.73. The fraction of sp³-hybridized carbons (Fsp3) is 0.0500. The van der Waals surface area contributed by atoms with Crippen LogP contribution in [-0.2, 0) is 6.54 Å². The number of hydrogen-bond acceptors (Lipinski definition) is 4. The number of carbonyl (C=O) groups is 2. The van der Waals surface area contributed by atoms with Crippen molar-refractivity contribution in [2.24, 2.45) is 0 Å². The highest BCUT2D eigenvalue weighted by atomic mass is 35.5. The second-order valence-corrected chi connectivity index (χ2v) is 6.57. The molecule has 2 aromatic carbocycles. The Balaban J connectivity index is 1.64. The molecule has 28 heavy (non-hydrogen) atoms. The molecule has 0 bridgehead atoms. The summed E-state index contributed by atoms with van der Waals surface area (Å²) in [6, 6.07) is 16.9. The third kappa shape index (κ3) is 5.18. The number of thiocarbonyl (C=S) groups is 1. The Labute approximate surface area is 171 Å². The van der Waals surface area contributed by atoms with Gasteiger partial charge in [-0.1, -0.05) is 29.8 Å². The molecule has 2 amide bonds. The first kappa shape index (κ1) is 19.6. The number of rotatable bonds is 5. The minimum Gasteiger partial charge on any atom is -0.467 e. The van der Waals surface area contributed by atoms with E-state index < -0.39 is 5.91 Å². The van der Waals surface area contributed by atoms with Gasteiger partial charge in [0.2, 0.25) is 0 Å². The highest BCUT2D eigenvalue weighted by Gasteiger charge is 2.14. The zero-order valence-corrected chi connectivity index (χ0v) is 16.1. The molecule has 3 N–H and O–H groups in total. The standard InChI is InChI=1S/C20H16ClN3O3S/c21-14-6-3-5-13(11-14)18(25)24-20(28)23-17-9-2-1-8-16(17)19(26)22-12-15-7-4-10-27-15/h1-11H,12H2,(H,22,26)(H2,23,24,25,28). The molecule has 1 heterocycles. The summed E-state index contributed by atoms with van der Waals surface area (Å²) in [5.41, 5.74) is 1.23. The number of furan rings is 1. The van der Waals surface area contributed by atoms with Crippen LogP contribution in [0.15, 0.2) is 71.3 Å². The zero-order chi connectivity index (χ0) is 19.9. The number of hydrogen-bond donors (Lipinski definition) is 3. The van der Waals surface area contributed by atoms with Gasteiger partial charge in [-0.15, -0.1) is 0 Å². The van der Waals surface area contributed by atoms with Crippen LogP contribution in [0.4, 0.5) is 5.69 Å². The highest BCUT2D eigenvalue weighted by molar-refractivity contribution is 7.80. The van der Waals surface area contributed by atoms with E-state index in [2.05, 4.69) is 16.0 Å². The van der Waals surface area contributed by atoms with E-state index in [0.717, 1.165) is 0 Å². The van der Waals surface area contributed by atoms with Crippen LogP contribution < -0.4 is 16.0 Å². The zero-order valence-electron chi connectivity index (χ0n) is 14.6. The van der Waals surface area contributed by atoms with Crippen LogP contribution in [0.25, 0.3) is 0 Å². The van der Waals surface area contributed by atoms with Crippen molar-refractivity contribution < 1.29 is 14.0 Å². The Morgan fingerprint density at radius 2 is 1.82 bits per heavy atom. The molecule has 0 atom stereocenters. The predicted molar refractivity (Wildman–Crippen MR) is 111 cm³/mol. The van der Waals surface area contributed by atoms with Gasteiger partial charge in [-0.2, -0.15) is 0 Å². The summed E-state index contributed by atoms with van der Waals surface area (Å²) in [5.74, 6) is -0.0636. The van der Waals surface area contributed by atoms with Crippen molar-refractivity contribution in [3.05, 3.63) is 88.8 Å². The molecular weight excluding hydrogens is 398 g/mol. The number of para-hydroxylation sites is 1. The van der Waals surface area contributed by atoms with Crippen molar-refractivity contribution >= 4 is 46.4 Å². The average molecular weight is 414 g/mol. The molecule has 8 heteroatoms. The minimum absolute atomic E-state index is 0.0660. The molecular formula is C20H16ClN3O3S. The van der Waals surface area contributed by atoms with Crippen molar-refractivity contribution in [3.8, 4) is 0 Å². The Morgan fingerprint density at radius 1 is 1.00 bits per heavy atom. The lowest BCUT2D eigenvalue weighted by Crippen LogP contribution is -2.35. The quantitative estimate of drug-likeness (QED) is 0.551. The maximum absolute atomic E-state index is 12.5. The maximum atomic E-state index is 12.5. The van der Waals surface area contributed by atoms with Crippen molar-refractivity contribution in [1.29, 1.82) is 0 Å². The van der Waals surface area contributed by atoms with E-state index >= 15 is 0 Å². The van der Waals surface area contributed by atoms with Crippen LogP contribution in [0.1, 0.15) is 26.5 Å². The molecule has 6 nitrogen and oxygen atoms in total. The summed E-state index contributed by atoms with van der Waals surface area (Å²) in [4.78, 5) is 24.7. The normalized spacial score (nSPS) is 10.2. The Kier molecular flexibility index (Phi) is 6.41. The van der Waals surface area contributed by atoms with Gasteiger partial charge in [0.1, 0.15) is 5.76 Å². The molecule has 0 spiro atoms. The number of amides is 2. The molecule has 0 saturated heterocycles. The average Bonchev–Trinajstić information content (AvgIpc) is 3.20. The SMILES string of the molecule is O=C(NC(=S)Nc1ccccc1C(=O)NCc1ccco1)c1cccc(Cl)c1. The summed E-state index contributed by atoms with van der Waals surface area (Å²) < 4.78 is 5.20. The van der Waals surface area contributed by atoms with Crippen molar-refractivity contribution in [2.75, 3.05) is 5.32 Å². The lowest BCUT2D eigenvalue weighted by atomic mass is 10.1. The lowest BCUT2D eigenvalue weighted by Gasteiger charge is -2.13. The summed E-state index contributed by atoms with van der Waals surface area (Å²) >= 11 is 11.1. The fourth-order valence-corrected chi connectivity index (χ4v) is 2.82. The molecule has 142 valence electrons. The van der Waals surface area contributed by atoms with Gasteiger partial charge in [0.05, 0.1) is 24.1 Å². The predicted octanol–water partition coefficient (Wildman–Crippen LogP) is 3.99. The number of nitrogens with one attached hydrogen (secondary N) is 3. The van der Waals surface area contributed by atoms with Crippen molar-refractivity contribution in [2.45, 2.75) is 6.54 Å². The Morgan fingerprint density at radius 3 is 2.57 bits per heavy atom. The molecule has 3 aromatic rings. The highest BCUT2D eigenvalue weighted by Crippen LogP contribution is 2.16. The van der Waals surface area contributed by atoms with E-state index in [4.69, 9.17) is 28.2 Å². The van der Waals surface area contributed by atoms with Crippen LogP contribution in [0.3, 0.4) is 0 Å². The molecule has 1 aromatic heterocycles. The van der Waals surface area contributed by atoms with Gasteiger partial charge in [0, 0.05) is 10.6 Å². The van der Waals surface area contributed by atoms with Gasteiger partial charge in [0.25, 0.3) is 11.8 Å².